The zero-order valence-electron chi connectivity index (χ0n) is 10.9. The van der Waals surface area contributed by atoms with E-state index in [9.17, 15) is 0 Å². The van der Waals surface area contributed by atoms with E-state index in [1.54, 1.807) is 7.11 Å². The molecule has 94 valence electrons. The molecule has 0 unspecified atom stereocenters. The molecule has 1 aromatic carbocycles. The molecule has 2 rings (SSSR count). The first-order chi connectivity index (χ1) is 7.87. The van der Waals surface area contributed by atoms with Crippen LogP contribution >= 0.6 is 12.6 Å². The average molecular weight is 252 g/mol. The van der Waals surface area contributed by atoms with Crippen LogP contribution in [-0.4, -0.2) is 20.3 Å². The molecular weight excluding hydrogens is 232 g/mol. The van der Waals surface area contributed by atoms with Crippen LogP contribution in [0, 0.1) is 0 Å². The minimum absolute atomic E-state index is 0.135. The van der Waals surface area contributed by atoms with Crippen LogP contribution in [0.4, 0.5) is 0 Å². The fraction of sp³-hybridized carbons (Fsp3) is 0.571. The van der Waals surface area contributed by atoms with Gasteiger partial charge in [-0.05, 0) is 23.1 Å². The normalized spacial score (nSPS) is 18.6. The Morgan fingerprint density at radius 3 is 2.35 bits per heavy atom. The molecule has 2 nitrogen and oxygen atoms in total. The van der Waals surface area contributed by atoms with Gasteiger partial charge in [-0.15, -0.1) is 0 Å². The Kier molecular flexibility index (Phi) is 3.17. The van der Waals surface area contributed by atoms with E-state index in [2.05, 4.69) is 32.9 Å². The third kappa shape index (κ3) is 2.31. The third-order valence-electron chi connectivity index (χ3n) is 3.25. The fourth-order valence-electron chi connectivity index (χ4n) is 1.99. The standard InChI is InChI=1S/C14H20O2S/c1-13(2,3)10-5-6-12(15-4)11(7-10)14(17)8-16-9-14/h5-7,17H,8-9H2,1-4H3. The molecule has 1 heterocycles. The van der Waals surface area contributed by atoms with Crippen LogP contribution in [0.25, 0.3) is 0 Å². The van der Waals surface area contributed by atoms with Crippen LogP contribution in [0.15, 0.2) is 18.2 Å². The lowest BCUT2D eigenvalue weighted by Crippen LogP contribution is -2.42. The molecule has 0 bridgehead atoms. The van der Waals surface area contributed by atoms with E-state index in [0.29, 0.717) is 13.2 Å². The SMILES string of the molecule is COc1ccc(C(C)(C)C)cc1C1(S)COC1. The van der Waals surface area contributed by atoms with Gasteiger partial charge in [0.25, 0.3) is 0 Å². The molecule has 1 saturated heterocycles. The van der Waals surface area contributed by atoms with Gasteiger partial charge in [0.1, 0.15) is 5.75 Å². The molecule has 0 amide bonds. The summed E-state index contributed by atoms with van der Waals surface area (Å²) in [6.45, 7) is 7.93. The maximum atomic E-state index is 5.43. The van der Waals surface area contributed by atoms with Gasteiger partial charge in [0.2, 0.25) is 0 Å². The molecule has 3 heteroatoms. The third-order valence-corrected chi connectivity index (χ3v) is 3.75. The Labute approximate surface area is 109 Å². The number of benzene rings is 1. The Hall–Kier alpha value is -0.670. The van der Waals surface area contributed by atoms with E-state index in [4.69, 9.17) is 22.1 Å². The van der Waals surface area contributed by atoms with Gasteiger partial charge in [-0.1, -0.05) is 26.8 Å². The summed E-state index contributed by atoms with van der Waals surface area (Å²) >= 11 is 4.72. The highest BCUT2D eigenvalue weighted by Crippen LogP contribution is 2.42. The number of hydrogen-bond donors (Lipinski definition) is 1. The molecule has 1 aliphatic rings. The molecule has 0 aliphatic carbocycles. The van der Waals surface area contributed by atoms with E-state index >= 15 is 0 Å². The lowest BCUT2D eigenvalue weighted by molar-refractivity contribution is -0.0106. The van der Waals surface area contributed by atoms with Crippen LogP contribution < -0.4 is 4.74 Å². The molecular formula is C14H20O2S. The quantitative estimate of drug-likeness (QED) is 0.815. The van der Waals surface area contributed by atoms with Gasteiger partial charge in [0, 0.05) is 5.56 Å². The van der Waals surface area contributed by atoms with Crippen molar-refractivity contribution in [3.05, 3.63) is 29.3 Å². The summed E-state index contributed by atoms with van der Waals surface area (Å²) in [6.07, 6.45) is 0. The predicted octanol–water partition coefficient (Wildman–Crippen LogP) is 3.15. The highest BCUT2D eigenvalue weighted by atomic mass is 32.1. The number of rotatable bonds is 2. The van der Waals surface area contributed by atoms with Crippen LogP contribution in [0.2, 0.25) is 0 Å². The second kappa shape index (κ2) is 4.21. The molecule has 0 N–H and O–H groups in total. The summed E-state index contributed by atoms with van der Waals surface area (Å²) in [5, 5.41) is 0. The van der Waals surface area contributed by atoms with Crippen molar-refractivity contribution in [2.24, 2.45) is 0 Å². The summed E-state index contributed by atoms with van der Waals surface area (Å²) < 4.78 is 10.5. The first-order valence-electron chi connectivity index (χ1n) is 5.86. The average Bonchev–Trinajstić information content (AvgIpc) is 2.23. The van der Waals surface area contributed by atoms with Crippen molar-refractivity contribution in [2.75, 3.05) is 20.3 Å². The summed E-state index contributed by atoms with van der Waals surface area (Å²) in [7, 11) is 1.70. The van der Waals surface area contributed by atoms with Gasteiger partial charge in [-0.3, -0.25) is 0 Å². The van der Waals surface area contributed by atoms with Gasteiger partial charge in [-0.2, -0.15) is 12.6 Å². The van der Waals surface area contributed by atoms with E-state index < -0.39 is 0 Å². The first-order valence-corrected chi connectivity index (χ1v) is 6.31. The second-order valence-corrected chi connectivity index (χ2v) is 6.55. The Morgan fingerprint density at radius 1 is 1.29 bits per heavy atom. The van der Waals surface area contributed by atoms with Crippen molar-refractivity contribution in [1.29, 1.82) is 0 Å². The van der Waals surface area contributed by atoms with Gasteiger partial charge in [0.05, 0.1) is 25.1 Å². The number of thiol groups is 1. The molecule has 1 fully saturated rings. The van der Waals surface area contributed by atoms with Crippen molar-refractivity contribution in [2.45, 2.75) is 30.9 Å². The van der Waals surface area contributed by atoms with Crippen LogP contribution in [0.3, 0.4) is 0 Å². The predicted molar refractivity (Wildman–Crippen MR) is 73.2 cm³/mol. The Bertz CT molecular complexity index is 417. The minimum atomic E-state index is -0.188. The van der Waals surface area contributed by atoms with E-state index in [1.807, 2.05) is 6.07 Å². The molecule has 0 radical (unpaired) electrons. The second-order valence-electron chi connectivity index (χ2n) is 5.69. The molecule has 17 heavy (non-hydrogen) atoms. The zero-order valence-corrected chi connectivity index (χ0v) is 11.8. The summed E-state index contributed by atoms with van der Waals surface area (Å²) in [5.41, 5.74) is 2.58. The van der Waals surface area contributed by atoms with Crippen molar-refractivity contribution in [3.8, 4) is 5.75 Å². The lowest BCUT2D eigenvalue weighted by atomic mass is 9.83. The van der Waals surface area contributed by atoms with Crippen LogP contribution in [-0.2, 0) is 14.9 Å². The highest BCUT2D eigenvalue weighted by Gasteiger charge is 2.39. The zero-order chi connectivity index (χ0) is 12.7. The number of methoxy groups -OCH3 is 1. The van der Waals surface area contributed by atoms with Gasteiger partial charge < -0.3 is 9.47 Å². The van der Waals surface area contributed by atoms with Gasteiger partial charge in [-0.25, -0.2) is 0 Å². The molecule has 1 aromatic rings. The van der Waals surface area contributed by atoms with E-state index in [-0.39, 0.29) is 10.2 Å². The largest absolute Gasteiger partial charge is 0.496 e. The van der Waals surface area contributed by atoms with E-state index in [1.165, 1.54) is 5.56 Å². The van der Waals surface area contributed by atoms with Crippen LogP contribution in [0.1, 0.15) is 31.9 Å². The Balaban J connectivity index is 2.47. The molecule has 0 atom stereocenters. The Morgan fingerprint density at radius 2 is 1.94 bits per heavy atom. The topological polar surface area (TPSA) is 18.5 Å². The number of ether oxygens (including phenoxy) is 2. The smallest absolute Gasteiger partial charge is 0.123 e. The summed E-state index contributed by atoms with van der Waals surface area (Å²) in [5.74, 6) is 0.899. The number of hydrogen-bond acceptors (Lipinski definition) is 3. The monoisotopic (exact) mass is 252 g/mol. The van der Waals surface area contributed by atoms with Crippen molar-refractivity contribution < 1.29 is 9.47 Å². The molecule has 0 aromatic heterocycles. The van der Waals surface area contributed by atoms with Crippen molar-refractivity contribution in [1.82, 2.24) is 0 Å². The van der Waals surface area contributed by atoms with Crippen molar-refractivity contribution in [3.63, 3.8) is 0 Å². The van der Waals surface area contributed by atoms with Crippen LogP contribution in [0.5, 0.6) is 5.75 Å². The molecule has 0 spiro atoms. The maximum absolute atomic E-state index is 5.43. The summed E-state index contributed by atoms with van der Waals surface area (Å²) in [6, 6.07) is 6.36. The fourth-order valence-corrected chi connectivity index (χ4v) is 2.35. The van der Waals surface area contributed by atoms with Gasteiger partial charge in [0.15, 0.2) is 0 Å². The summed E-state index contributed by atoms with van der Waals surface area (Å²) in [4.78, 5) is 0. The van der Waals surface area contributed by atoms with Crippen molar-refractivity contribution >= 4 is 12.6 Å². The highest BCUT2D eigenvalue weighted by molar-refractivity contribution is 7.81. The van der Waals surface area contributed by atoms with Gasteiger partial charge >= 0.3 is 0 Å². The van der Waals surface area contributed by atoms with E-state index in [0.717, 1.165) is 11.3 Å². The first kappa shape index (κ1) is 12.8. The lowest BCUT2D eigenvalue weighted by Gasteiger charge is -2.39. The minimum Gasteiger partial charge on any atom is -0.496 e. The molecule has 1 aliphatic heterocycles. The molecule has 0 saturated carbocycles. The maximum Gasteiger partial charge on any atom is 0.123 e.